The fourth-order valence-corrected chi connectivity index (χ4v) is 12.8. The average molecular weight is 1330 g/mol. The smallest absolute Gasteiger partial charge is 0.220 e. The van der Waals surface area contributed by atoms with Crippen molar-refractivity contribution in [2.45, 2.75) is 401 Å². The monoisotopic (exact) mass is 1330 g/mol. The van der Waals surface area contributed by atoms with Crippen molar-refractivity contribution in [2.24, 2.45) is 0 Å². The van der Waals surface area contributed by atoms with Gasteiger partial charge in [0.25, 0.3) is 0 Å². The highest BCUT2D eigenvalue weighted by molar-refractivity contribution is 5.76. The Labute approximate surface area is 561 Å². The first kappa shape index (κ1) is 85.2. The first-order valence-electron chi connectivity index (χ1n) is 37.7. The van der Waals surface area contributed by atoms with Crippen LogP contribution >= 0.6 is 0 Å². The maximum Gasteiger partial charge on any atom is 0.220 e. The molecule has 0 aliphatic carbocycles. The van der Waals surface area contributed by atoms with Crippen molar-refractivity contribution in [2.75, 3.05) is 26.4 Å². The zero-order valence-corrected chi connectivity index (χ0v) is 58.0. The number of amides is 1. The lowest BCUT2D eigenvalue weighted by atomic mass is 9.96. The molecule has 0 bridgehead atoms. The Bertz CT molecular complexity index is 1830. The number of rotatable bonds is 59. The van der Waals surface area contributed by atoms with Gasteiger partial charge in [0.15, 0.2) is 18.9 Å². The van der Waals surface area contributed by atoms with Gasteiger partial charge in [-0.25, -0.2) is 0 Å². The first-order valence-corrected chi connectivity index (χ1v) is 37.7. The molecule has 0 spiro atoms. The molecule has 0 radical (unpaired) electrons. The number of aliphatic hydroxyl groups is 11. The van der Waals surface area contributed by atoms with E-state index in [-0.39, 0.29) is 18.9 Å². The molecule has 3 aliphatic heterocycles. The third kappa shape index (κ3) is 37.1. The van der Waals surface area contributed by atoms with E-state index in [4.69, 9.17) is 28.4 Å². The number of hydrogen-bond acceptors (Lipinski definition) is 18. The second kappa shape index (κ2) is 55.8. The summed E-state index contributed by atoms with van der Waals surface area (Å²) in [7, 11) is 0. The highest BCUT2D eigenvalue weighted by Crippen LogP contribution is 2.33. The number of nitrogens with one attached hydrogen (secondary N) is 1. The summed E-state index contributed by atoms with van der Waals surface area (Å²) in [5.41, 5.74) is 0. The van der Waals surface area contributed by atoms with Crippen molar-refractivity contribution in [3.05, 3.63) is 36.5 Å². The number of aliphatic hydroxyl groups excluding tert-OH is 11. The summed E-state index contributed by atoms with van der Waals surface area (Å²) < 4.78 is 34.4. The first-order chi connectivity index (χ1) is 45.3. The normalized spacial score (nSPS) is 27.7. The van der Waals surface area contributed by atoms with E-state index in [1.807, 2.05) is 6.08 Å². The predicted molar refractivity (Wildman–Crippen MR) is 365 cm³/mol. The average Bonchev–Trinajstić information content (AvgIpc) is 0.900. The highest BCUT2D eigenvalue weighted by atomic mass is 16.8. The van der Waals surface area contributed by atoms with Gasteiger partial charge in [-0.05, 0) is 51.4 Å². The Hall–Kier alpha value is -1.99. The molecule has 546 valence electrons. The van der Waals surface area contributed by atoms with Crippen LogP contribution in [0.1, 0.15) is 296 Å². The molecule has 3 heterocycles. The summed E-state index contributed by atoms with van der Waals surface area (Å²) in [5, 5.41) is 121. The van der Waals surface area contributed by atoms with Crippen LogP contribution in [-0.2, 0) is 33.2 Å². The van der Waals surface area contributed by atoms with Crippen molar-refractivity contribution in [1.82, 2.24) is 5.32 Å². The fourth-order valence-electron chi connectivity index (χ4n) is 12.8. The molecule has 1 amide bonds. The molecule has 3 aliphatic rings. The SMILES string of the molecule is CCCCCCC/C=C\C/C=C\CCCCCCCCCCCCCCCCCCCCCC(=O)NC(COC1OC(CO)C(OC2OC(CO)C(OC3OC(CO)C(O)C(O)C3O)C(O)C2O)C(O)C1O)C(O)/C=C/CCCCCCCCCCCCCCCCC. The molecule has 0 aromatic carbocycles. The molecule has 0 aromatic rings. The third-order valence-corrected chi connectivity index (χ3v) is 18.9. The van der Waals surface area contributed by atoms with Gasteiger partial charge in [0.1, 0.15) is 73.2 Å². The maximum absolute atomic E-state index is 13.4. The fraction of sp³-hybridized carbons (Fsp3) is 0.905. The van der Waals surface area contributed by atoms with Gasteiger partial charge >= 0.3 is 0 Å². The van der Waals surface area contributed by atoms with E-state index in [0.717, 1.165) is 51.4 Å². The highest BCUT2D eigenvalue weighted by Gasteiger charge is 2.53. The molecular weight excluding hydrogens is 1190 g/mol. The third-order valence-electron chi connectivity index (χ3n) is 18.9. The number of carbonyl (C=O) groups is 1. The van der Waals surface area contributed by atoms with Crippen LogP contribution < -0.4 is 5.32 Å². The van der Waals surface area contributed by atoms with Crippen LogP contribution in [0.4, 0.5) is 0 Å². The van der Waals surface area contributed by atoms with Gasteiger partial charge in [-0.1, -0.05) is 275 Å². The van der Waals surface area contributed by atoms with Crippen molar-refractivity contribution in [1.29, 1.82) is 0 Å². The van der Waals surface area contributed by atoms with E-state index >= 15 is 0 Å². The molecule has 19 heteroatoms. The number of hydrogen-bond donors (Lipinski definition) is 12. The van der Waals surface area contributed by atoms with Crippen LogP contribution in [0.25, 0.3) is 0 Å². The Morgan fingerprint density at radius 2 is 0.710 bits per heavy atom. The van der Waals surface area contributed by atoms with E-state index in [1.165, 1.54) is 218 Å². The van der Waals surface area contributed by atoms with Crippen LogP contribution in [0.2, 0.25) is 0 Å². The van der Waals surface area contributed by atoms with Crippen molar-refractivity contribution >= 4 is 5.91 Å². The lowest BCUT2D eigenvalue weighted by molar-refractivity contribution is -0.379. The zero-order chi connectivity index (χ0) is 67.5. The van der Waals surface area contributed by atoms with Crippen LogP contribution in [0.15, 0.2) is 36.5 Å². The van der Waals surface area contributed by atoms with Gasteiger partial charge < -0.3 is 89.9 Å². The molecule has 0 saturated carbocycles. The molecule has 93 heavy (non-hydrogen) atoms. The molecular formula is C74H137NO18. The molecule has 3 fully saturated rings. The van der Waals surface area contributed by atoms with Crippen LogP contribution in [0.3, 0.4) is 0 Å². The Kier molecular flexibility index (Phi) is 51.2. The number of unbranched alkanes of at least 4 members (excludes halogenated alkanes) is 39. The molecule has 3 rings (SSSR count). The van der Waals surface area contributed by atoms with Crippen molar-refractivity contribution in [3.8, 4) is 0 Å². The van der Waals surface area contributed by atoms with Gasteiger partial charge in [0, 0.05) is 6.42 Å². The summed E-state index contributed by atoms with van der Waals surface area (Å²) in [6.45, 7) is 1.76. The molecule has 19 nitrogen and oxygen atoms in total. The molecule has 0 aromatic heterocycles. The Morgan fingerprint density at radius 3 is 1.10 bits per heavy atom. The van der Waals surface area contributed by atoms with E-state index in [0.29, 0.717) is 6.42 Å². The molecule has 17 unspecified atom stereocenters. The number of carbonyl (C=O) groups excluding carboxylic acids is 1. The summed E-state index contributed by atoms with van der Waals surface area (Å²) in [6, 6.07) is -0.972. The van der Waals surface area contributed by atoms with Crippen molar-refractivity contribution in [3.63, 3.8) is 0 Å². The quantitative estimate of drug-likeness (QED) is 0.0199. The van der Waals surface area contributed by atoms with Gasteiger partial charge in [-0.2, -0.15) is 0 Å². The minimum atomic E-state index is -1.98. The van der Waals surface area contributed by atoms with Gasteiger partial charge in [0.2, 0.25) is 5.91 Å². The minimum absolute atomic E-state index is 0.246. The number of ether oxygens (including phenoxy) is 6. The predicted octanol–water partition coefficient (Wildman–Crippen LogP) is 11.2. The van der Waals surface area contributed by atoms with Gasteiger partial charge in [0.05, 0.1) is 38.6 Å². The van der Waals surface area contributed by atoms with Crippen LogP contribution in [0, 0.1) is 0 Å². The maximum atomic E-state index is 13.4. The number of allylic oxidation sites excluding steroid dienone is 5. The lowest BCUT2D eigenvalue weighted by Crippen LogP contribution is -2.66. The molecule has 12 N–H and O–H groups in total. The second-order valence-corrected chi connectivity index (χ2v) is 27.1. The molecule has 17 atom stereocenters. The van der Waals surface area contributed by atoms with E-state index in [2.05, 4.69) is 43.5 Å². The van der Waals surface area contributed by atoms with E-state index in [1.54, 1.807) is 6.08 Å². The van der Waals surface area contributed by atoms with Crippen LogP contribution in [-0.4, -0.2) is 193 Å². The Balaban J connectivity index is 1.37. The van der Waals surface area contributed by atoms with E-state index in [9.17, 15) is 61.0 Å². The summed E-state index contributed by atoms with van der Waals surface area (Å²) >= 11 is 0. The van der Waals surface area contributed by atoms with Crippen LogP contribution in [0.5, 0.6) is 0 Å². The van der Waals surface area contributed by atoms with Crippen molar-refractivity contribution < 1.29 is 89.4 Å². The van der Waals surface area contributed by atoms with E-state index < -0.39 is 124 Å². The molecule has 3 saturated heterocycles. The summed E-state index contributed by atoms with van der Waals surface area (Å²) in [6.07, 6.45) is 39.8. The largest absolute Gasteiger partial charge is 0.394 e. The topological polar surface area (TPSA) is 307 Å². The standard InChI is InChI=1S/C74H137NO18/c1-3-5-7-9-11-13-15-17-19-21-22-23-24-25-26-27-28-29-30-31-32-33-34-36-38-40-42-44-46-48-50-52-62(80)75-57(58(79)51-49-47-45-43-41-39-37-35-20-18-16-14-12-10-8-6-4-2)56-88-72-68(86)65(83)70(60(54-77)90-72)93-74-69(87)66(84)71(61(55-78)91-74)92-73-67(85)64(82)63(81)59(53-76)89-73/h15,17,21-22,49,51,57-61,63-74,76-79,81-87H,3-14,16,18-20,23-48,50,52-56H2,1-2H3,(H,75,80)/b17-15-,22-21-,51-49+. The van der Waals surface area contributed by atoms with Gasteiger partial charge in [-0.15, -0.1) is 0 Å². The summed E-state index contributed by atoms with van der Waals surface area (Å²) in [4.78, 5) is 13.4. The van der Waals surface area contributed by atoms with Gasteiger partial charge in [-0.3, -0.25) is 4.79 Å². The summed E-state index contributed by atoms with van der Waals surface area (Å²) in [5.74, 6) is -0.271. The minimum Gasteiger partial charge on any atom is -0.394 e. The lowest BCUT2D eigenvalue weighted by Gasteiger charge is -2.48. The second-order valence-electron chi connectivity index (χ2n) is 27.1. The zero-order valence-electron chi connectivity index (χ0n) is 58.0. The Morgan fingerprint density at radius 1 is 0.387 bits per heavy atom.